The molecule has 2 aliphatic rings. The maximum Gasteiger partial charge on any atom is 0.246 e. The summed E-state index contributed by atoms with van der Waals surface area (Å²) in [4.78, 5) is 18.8. The summed E-state index contributed by atoms with van der Waals surface area (Å²) in [6.07, 6.45) is 7.13. The number of amides is 1. The SMILES string of the molecule is O=C(C=Cc1ccnc2ccccc12)N1CCC(C2OCCO2)CC1. The number of rotatable bonds is 3. The number of pyridine rings is 1. The number of nitrogens with zero attached hydrogens (tertiary/aromatic N) is 2. The number of likely N-dealkylation sites (tertiary alicyclic amines) is 1. The minimum atomic E-state index is -0.0732. The van der Waals surface area contributed by atoms with E-state index < -0.39 is 0 Å². The normalized spacial score (nSPS) is 19.9. The number of benzene rings is 1. The summed E-state index contributed by atoms with van der Waals surface area (Å²) in [5.41, 5.74) is 1.95. The van der Waals surface area contributed by atoms with Crippen LogP contribution in [0.1, 0.15) is 18.4 Å². The number of fused-ring (bicyclic) bond motifs is 1. The summed E-state index contributed by atoms with van der Waals surface area (Å²) in [6.45, 7) is 2.89. The van der Waals surface area contributed by atoms with E-state index in [4.69, 9.17) is 9.47 Å². The van der Waals surface area contributed by atoms with Crippen molar-refractivity contribution in [2.45, 2.75) is 19.1 Å². The molecule has 5 heteroatoms. The van der Waals surface area contributed by atoms with Crippen LogP contribution in [0.3, 0.4) is 0 Å². The highest BCUT2D eigenvalue weighted by atomic mass is 16.7. The highest BCUT2D eigenvalue weighted by Crippen LogP contribution is 2.26. The van der Waals surface area contributed by atoms with Crippen molar-refractivity contribution in [3.63, 3.8) is 0 Å². The molecule has 1 aromatic carbocycles. The van der Waals surface area contributed by atoms with E-state index in [-0.39, 0.29) is 12.2 Å². The Morgan fingerprint density at radius 2 is 1.88 bits per heavy atom. The van der Waals surface area contributed by atoms with Crippen molar-refractivity contribution in [2.24, 2.45) is 5.92 Å². The standard InChI is InChI=1S/C20H22N2O3/c23-19(22-11-8-16(9-12-22)20-24-13-14-25-20)6-5-15-7-10-21-18-4-2-1-3-17(15)18/h1-7,10,16,20H,8-9,11-14H2. The largest absolute Gasteiger partial charge is 0.350 e. The molecule has 1 aromatic heterocycles. The number of aromatic nitrogens is 1. The minimum Gasteiger partial charge on any atom is -0.350 e. The molecule has 1 amide bonds. The van der Waals surface area contributed by atoms with Crippen molar-refractivity contribution in [1.29, 1.82) is 0 Å². The molecule has 0 aliphatic carbocycles. The van der Waals surface area contributed by atoms with Gasteiger partial charge in [0.2, 0.25) is 5.91 Å². The van der Waals surface area contributed by atoms with Crippen LogP contribution in [0.2, 0.25) is 0 Å². The smallest absolute Gasteiger partial charge is 0.246 e. The fourth-order valence-corrected chi connectivity index (χ4v) is 3.57. The van der Waals surface area contributed by atoms with E-state index in [1.807, 2.05) is 41.3 Å². The number of carbonyl (C=O) groups excluding carboxylic acids is 1. The fourth-order valence-electron chi connectivity index (χ4n) is 3.57. The van der Waals surface area contributed by atoms with Gasteiger partial charge in [-0.3, -0.25) is 9.78 Å². The van der Waals surface area contributed by atoms with Gasteiger partial charge in [-0.2, -0.15) is 0 Å². The van der Waals surface area contributed by atoms with Gasteiger partial charge in [-0.05, 0) is 36.6 Å². The quantitative estimate of drug-likeness (QED) is 0.808. The number of hydrogen-bond acceptors (Lipinski definition) is 4. The van der Waals surface area contributed by atoms with Gasteiger partial charge in [-0.1, -0.05) is 18.2 Å². The average Bonchev–Trinajstić information content (AvgIpc) is 3.21. The molecule has 0 unspecified atom stereocenters. The topological polar surface area (TPSA) is 51.7 Å². The number of piperidine rings is 1. The first-order valence-electron chi connectivity index (χ1n) is 8.85. The van der Waals surface area contributed by atoms with Crippen molar-refractivity contribution in [3.8, 4) is 0 Å². The van der Waals surface area contributed by atoms with Crippen LogP contribution >= 0.6 is 0 Å². The predicted molar refractivity (Wildman–Crippen MR) is 95.8 cm³/mol. The van der Waals surface area contributed by atoms with E-state index in [1.165, 1.54) is 0 Å². The highest BCUT2D eigenvalue weighted by Gasteiger charge is 2.31. The second-order valence-electron chi connectivity index (χ2n) is 6.52. The van der Waals surface area contributed by atoms with Crippen LogP contribution in [0.5, 0.6) is 0 Å². The van der Waals surface area contributed by atoms with E-state index >= 15 is 0 Å². The third kappa shape index (κ3) is 3.57. The van der Waals surface area contributed by atoms with Gasteiger partial charge in [0.15, 0.2) is 6.29 Å². The number of hydrogen-bond donors (Lipinski definition) is 0. The lowest BCUT2D eigenvalue weighted by Gasteiger charge is -2.33. The molecule has 5 nitrogen and oxygen atoms in total. The Morgan fingerprint density at radius 1 is 1.12 bits per heavy atom. The van der Waals surface area contributed by atoms with Crippen molar-refractivity contribution < 1.29 is 14.3 Å². The second-order valence-corrected chi connectivity index (χ2v) is 6.52. The summed E-state index contributed by atoms with van der Waals surface area (Å²) in [6, 6.07) is 9.90. The average molecular weight is 338 g/mol. The van der Waals surface area contributed by atoms with Gasteiger partial charge >= 0.3 is 0 Å². The maximum absolute atomic E-state index is 12.5. The summed E-state index contributed by atoms with van der Waals surface area (Å²) >= 11 is 0. The molecule has 0 saturated carbocycles. The first kappa shape index (κ1) is 16.2. The Balaban J connectivity index is 1.39. The Morgan fingerprint density at radius 3 is 2.68 bits per heavy atom. The van der Waals surface area contributed by atoms with Gasteiger partial charge in [0.1, 0.15) is 0 Å². The van der Waals surface area contributed by atoms with Gasteiger partial charge in [0.05, 0.1) is 18.7 Å². The van der Waals surface area contributed by atoms with E-state index in [0.29, 0.717) is 19.1 Å². The van der Waals surface area contributed by atoms with Crippen molar-refractivity contribution in [1.82, 2.24) is 9.88 Å². The van der Waals surface area contributed by atoms with Gasteiger partial charge in [0.25, 0.3) is 0 Å². The van der Waals surface area contributed by atoms with Crippen LogP contribution in [0, 0.1) is 5.92 Å². The Hall–Kier alpha value is -2.24. The zero-order valence-corrected chi connectivity index (χ0v) is 14.1. The molecular formula is C20H22N2O3. The zero-order valence-electron chi connectivity index (χ0n) is 14.1. The molecular weight excluding hydrogens is 316 g/mol. The van der Waals surface area contributed by atoms with Gasteiger partial charge in [-0.15, -0.1) is 0 Å². The maximum atomic E-state index is 12.5. The lowest BCUT2D eigenvalue weighted by Crippen LogP contribution is -2.40. The van der Waals surface area contributed by atoms with Crippen molar-refractivity contribution >= 4 is 22.9 Å². The van der Waals surface area contributed by atoms with Crippen molar-refractivity contribution in [3.05, 3.63) is 48.2 Å². The molecule has 130 valence electrons. The van der Waals surface area contributed by atoms with E-state index in [0.717, 1.165) is 42.4 Å². The molecule has 2 fully saturated rings. The van der Waals surface area contributed by atoms with E-state index in [2.05, 4.69) is 4.98 Å². The minimum absolute atomic E-state index is 0.0626. The molecule has 0 radical (unpaired) electrons. The summed E-state index contributed by atoms with van der Waals surface area (Å²) < 4.78 is 11.2. The van der Waals surface area contributed by atoms with Crippen LogP contribution in [0.15, 0.2) is 42.6 Å². The first-order valence-corrected chi connectivity index (χ1v) is 8.85. The Bertz CT molecular complexity index is 770. The zero-order chi connectivity index (χ0) is 17.1. The molecule has 0 atom stereocenters. The van der Waals surface area contributed by atoms with E-state index in [1.54, 1.807) is 12.3 Å². The monoisotopic (exact) mass is 338 g/mol. The lowest BCUT2D eigenvalue weighted by molar-refractivity contribution is -0.131. The van der Waals surface area contributed by atoms with Gasteiger partial charge < -0.3 is 14.4 Å². The van der Waals surface area contributed by atoms with Gasteiger partial charge in [-0.25, -0.2) is 0 Å². The van der Waals surface area contributed by atoms with Gasteiger partial charge in [0, 0.05) is 36.7 Å². The van der Waals surface area contributed by atoms with Crippen LogP contribution in [0.25, 0.3) is 17.0 Å². The van der Waals surface area contributed by atoms with Crippen molar-refractivity contribution in [2.75, 3.05) is 26.3 Å². The molecule has 4 rings (SSSR count). The molecule has 2 aliphatic heterocycles. The molecule has 25 heavy (non-hydrogen) atoms. The lowest BCUT2D eigenvalue weighted by atomic mass is 9.96. The van der Waals surface area contributed by atoms with E-state index in [9.17, 15) is 4.79 Å². The highest BCUT2D eigenvalue weighted by molar-refractivity contribution is 5.95. The molecule has 2 saturated heterocycles. The number of carbonyl (C=O) groups is 1. The Kier molecular flexibility index (Phi) is 4.76. The molecule has 0 spiro atoms. The third-order valence-corrected chi connectivity index (χ3v) is 4.97. The van der Waals surface area contributed by atoms with Crippen LogP contribution < -0.4 is 0 Å². The summed E-state index contributed by atoms with van der Waals surface area (Å²) in [5, 5.41) is 1.06. The molecule has 0 bridgehead atoms. The summed E-state index contributed by atoms with van der Waals surface area (Å²) in [5.74, 6) is 0.465. The fraction of sp³-hybridized carbons (Fsp3) is 0.400. The molecule has 3 heterocycles. The predicted octanol–water partition coefficient (Wildman–Crippen LogP) is 2.86. The summed E-state index contributed by atoms with van der Waals surface area (Å²) in [7, 11) is 0. The number of para-hydroxylation sites is 1. The second kappa shape index (κ2) is 7.33. The van der Waals surface area contributed by atoms with Crippen LogP contribution in [-0.2, 0) is 14.3 Å². The first-order chi connectivity index (χ1) is 12.3. The van der Waals surface area contributed by atoms with Crippen LogP contribution in [-0.4, -0.2) is 48.4 Å². The number of ether oxygens (including phenoxy) is 2. The third-order valence-electron chi connectivity index (χ3n) is 4.97. The Labute approximate surface area is 147 Å². The molecule has 2 aromatic rings. The molecule has 0 N–H and O–H groups in total. The van der Waals surface area contributed by atoms with Crippen LogP contribution in [0.4, 0.5) is 0 Å².